The summed E-state index contributed by atoms with van der Waals surface area (Å²) in [6.07, 6.45) is 6.95. The number of nitrogens with zero attached hydrogens (tertiary/aromatic N) is 3. The molecule has 3 rings (SSSR count). The first-order valence-electron chi connectivity index (χ1n) is 8.64. The Morgan fingerprint density at radius 1 is 1.30 bits per heavy atom. The number of thiazole rings is 1. The fourth-order valence-electron chi connectivity index (χ4n) is 3.75. The van der Waals surface area contributed by atoms with E-state index in [1.54, 1.807) is 11.3 Å². The minimum absolute atomic E-state index is 0.477. The molecule has 4 nitrogen and oxygen atoms in total. The maximum absolute atomic E-state index is 4.55. The van der Waals surface area contributed by atoms with Gasteiger partial charge in [0, 0.05) is 35.5 Å². The van der Waals surface area contributed by atoms with Gasteiger partial charge in [-0.1, -0.05) is 19.3 Å². The zero-order valence-corrected chi connectivity index (χ0v) is 16.2. The quantitative estimate of drug-likeness (QED) is 0.652. The van der Waals surface area contributed by atoms with Crippen LogP contribution in [0.25, 0.3) is 0 Å². The van der Waals surface area contributed by atoms with Gasteiger partial charge in [-0.25, -0.2) is 4.98 Å². The molecule has 0 bridgehead atoms. The lowest BCUT2D eigenvalue weighted by atomic mass is 9.87. The van der Waals surface area contributed by atoms with Crippen molar-refractivity contribution in [2.75, 3.05) is 25.9 Å². The molecule has 2 heterocycles. The van der Waals surface area contributed by atoms with Gasteiger partial charge in [-0.05, 0) is 26.7 Å². The third-order valence-corrected chi connectivity index (χ3v) is 7.54. The molecule has 0 aromatic carbocycles. The van der Waals surface area contributed by atoms with Crippen LogP contribution in [0.1, 0.15) is 47.7 Å². The fraction of sp³-hybridized carbons (Fsp3) is 0.765. The van der Waals surface area contributed by atoms with Gasteiger partial charge in [-0.2, -0.15) is 11.8 Å². The van der Waals surface area contributed by atoms with Crippen LogP contribution in [0.3, 0.4) is 0 Å². The van der Waals surface area contributed by atoms with E-state index in [4.69, 9.17) is 0 Å². The number of aryl methyl sites for hydroxylation is 2. The van der Waals surface area contributed by atoms with Gasteiger partial charge < -0.3 is 10.2 Å². The van der Waals surface area contributed by atoms with Crippen molar-refractivity contribution in [1.82, 2.24) is 15.2 Å². The Morgan fingerprint density at radius 3 is 2.74 bits per heavy atom. The van der Waals surface area contributed by atoms with Gasteiger partial charge in [0.1, 0.15) is 0 Å². The van der Waals surface area contributed by atoms with Crippen LogP contribution in [0.2, 0.25) is 0 Å². The Labute approximate surface area is 148 Å². The van der Waals surface area contributed by atoms with Crippen LogP contribution in [-0.4, -0.2) is 46.5 Å². The smallest absolute Gasteiger partial charge is 0.194 e. The first-order chi connectivity index (χ1) is 11.1. The number of thioether (sulfide) groups is 1. The predicted molar refractivity (Wildman–Crippen MR) is 102 cm³/mol. The molecule has 6 heteroatoms. The molecule has 0 amide bonds. The lowest BCUT2D eigenvalue weighted by molar-refractivity contribution is 0.293. The Morgan fingerprint density at radius 2 is 2.09 bits per heavy atom. The van der Waals surface area contributed by atoms with Crippen molar-refractivity contribution in [1.29, 1.82) is 0 Å². The number of aromatic nitrogens is 1. The van der Waals surface area contributed by atoms with Crippen LogP contribution in [0, 0.1) is 13.8 Å². The van der Waals surface area contributed by atoms with Crippen LogP contribution in [0.5, 0.6) is 0 Å². The van der Waals surface area contributed by atoms with Gasteiger partial charge in [-0.3, -0.25) is 4.99 Å². The highest BCUT2D eigenvalue weighted by molar-refractivity contribution is 8.00. The molecule has 1 aliphatic heterocycles. The van der Waals surface area contributed by atoms with Gasteiger partial charge in [-0.15, -0.1) is 11.3 Å². The summed E-state index contributed by atoms with van der Waals surface area (Å²) in [7, 11) is 1.91. The van der Waals surface area contributed by atoms with E-state index < -0.39 is 0 Å². The molecule has 1 aromatic rings. The minimum atomic E-state index is 0.477. The highest BCUT2D eigenvalue weighted by atomic mass is 32.2. The van der Waals surface area contributed by atoms with Crippen molar-refractivity contribution in [3.05, 3.63) is 15.6 Å². The molecule has 1 N–H and O–H groups in total. The highest BCUT2D eigenvalue weighted by Gasteiger charge is 2.38. The van der Waals surface area contributed by atoms with Crippen LogP contribution in [0.4, 0.5) is 0 Å². The van der Waals surface area contributed by atoms with E-state index in [9.17, 15) is 0 Å². The topological polar surface area (TPSA) is 40.5 Å². The summed E-state index contributed by atoms with van der Waals surface area (Å²) in [4.78, 5) is 12.9. The predicted octanol–water partition coefficient (Wildman–Crippen LogP) is 3.59. The molecule has 2 fully saturated rings. The van der Waals surface area contributed by atoms with Crippen LogP contribution >= 0.6 is 23.1 Å². The van der Waals surface area contributed by atoms with Crippen molar-refractivity contribution in [2.45, 2.75) is 57.2 Å². The van der Waals surface area contributed by atoms with E-state index in [0.29, 0.717) is 4.75 Å². The Kier molecular flexibility index (Phi) is 5.52. The lowest BCUT2D eigenvalue weighted by Gasteiger charge is -2.45. The fourth-order valence-corrected chi connectivity index (χ4v) is 6.20. The molecule has 23 heavy (non-hydrogen) atoms. The van der Waals surface area contributed by atoms with Gasteiger partial charge in [0.2, 0.25) is 0 Å². The summed E-state index contributed by atoms with van der Waals surface area (Å²) in [5.41, 5.74) is 1.15. The molecule has 1 saturated heterocycles. The van der Waals surface area contributed by atoms with E-state index in [-0.39, 0.29) is 0 Å². The molecule has 0 unspecified atom stereocenters. The maximum atomic E-state index is 4.55. The number of hydrogen-bond acceptors (Lipinski definition) is 4. The number of nitrogens with one attached hydrogen (secondary N) is 1. The molecule has 0 radical (unpaired) electrons. The number of rotatable bonds is 2. The summed E-state index contributed by atoms with van der Waals surface area (Å²) < 4.78 is 0.477. The molecule has 1 saturated carbocycles. The average Bonchev–Trinajstić information content (AvgIpc) is 2.87. The summed E-state index contributed by atoms with van der Waals surface area (Å²) in [5.74, 6) is 2.28. The average molecular weight is 353 g/mol. The Bertz CT molecular complexity index is 555. The van der Waals surface area contributed by atoms with E-state index in [0.717, 1.165) is 36.3 Å². The molecule has 128 valence electrons. The zero-order valence-electron chi connectivity index (χ0n) is 14.5. The number of hydrogen-bond donors (Lipinski definition) is 1. The SMILES string of the molecule is CN=C(NCc1sc(C)nc1C)N1CCSC2(CCCCC2)C1. The second-order valence-electron chi connectivity index (χ2n) is 6.66. The maximum Gasteiger partial charge on any atom is 0.194 e. The zero-order chi connectivity index (χ0) is 16.3. The van der Waals surface area contributed by atoms with Crippen LogP contribution in [0.15, 0.2) is 4.99 Å². The molecule has 1 aromatic heterocycles. The van der Waals surface area contributed by atoms with Crippen LogP contribution in [-0.2, 0) is 6.54 Å². The molecule has 1 aliphatic carbocycles. The third-order valence-electron chi connectivity index (χ3n) is 4.93. The second-order valence-corrected chi connectivity index (χ2v) is 9.51. The standard InChI is InChI=1S/C17H28N4S2/c1-13-15(23-14(2)20-13)11-19-16(18-3)21-9-10-22-17(12-21)7-5-4-6-8-17/h4-12H2,1-3H3,(H,18,19). The first kappa shape index (κ1) is 17.1. The summed E-state index contributed by atoms with van der Waals surface area (Å²) >= 11 is 3.99. The van der Waals surface area contributed by atoms with E-state index in [1.165, 1.54) is 42.7 Å². The monoisotopic (exact) mass is 352 g/mol. The van der Waals surface area contributed by atoms with E-state index in [1.807, 2.05) is 7.05 Å². The summed E-state index contributed by atoms with van der Waals surface area (Å²) in [6, 6.07) is 0. The van der Waals surface area contributed by atoms with Crippen molar-refractivity contribution in [3.8, 4) is 0 Å². The van der Waals surface area contributed by atoms with Crippen molar-refractivity contribution >= 4 is 29.1 Å². The van der Waals surface area contributed by atoms with Crippen LogP contribution < -0.4 is 5.32 Å². The van der Waals surface area contributed by atoms with Gasteiger partial charge >= 0.3 is 0 Å². The Hall–Kier alpha value is -0.750. The first-order valence-corrected chi connectivity index (χ1v) is 10.4. The van der Waals surface area contributed by atoms with Crippen molar-refractivity contribution in [2.24, 2.45) is 4.99 Å². The normalized spacial score (nSPS) is 21.7. The molecule has 2 aliphatic rings. The Balaban J connectivity index is 1.62. The minimum Gasteiger partial charge on any atom is -0.351 e. The van der Waals surface area contributed by atoms with Gasteiger partial charge in [0.05, 0.1) is 17.2 Å². The summed E-state index contributed by atoms with van der Waals surface area (Å²) in [5, 5.41) is 4.71. The van der Waals surface area contributed by atoms with Crippen molar-refractivity contribution in [3.63, 3.8) is 0 Å². The van der Waals surface area contributed by atoms with Crippen molar-refractivity contribution < 1.29 is 0 Å². The summed E-state index contributed by atoms with van der Waals surface area (Å²) in [6.45, 7) is 7.26. The lowest BCUT2D eigenvalue weighted by Crippen LogP contribution is -2.53. The highest BCUT2D eigenvalue weighted by Crippen LogP contribution is 2.42. The largest absolute Gasteiger partial charge is 0.351 e. The number of aliphatic imine (C=N–C) groups is 1. The molecule has 0 atom stereocenters. The van der Waals surface area contributed by atoms with Gasteiger partial charge in [0.25, 0.3) is 0 Å². The van der Waals surface area contributed by atoms with E-state index in [2.05, 4.69) is 45.8 Å². The molecular formula is C17H28N4S2. The second kappa shape index (κ2) is 7.43. The number of guanidine groups is 1. The molecule has 1 spiro atoms. The molecular weight excluding hydrogens is 324 g/mol. The van der Waals surface area contributed by atoms with E-state index >= 15 is 0 Å². The third kappa shape index (κ3) is 4.02. The van der Waals surface area contributed by atoms with Gasteiger partial charge in [0.15, 0.2) is 5.96 Å².